The first kappa shape index (κ1) is 24.3. The van der Waals surface area contributed by atoms with Gasteiger partial charge in [0.1, 0.15) is 0 Å². The lowest BCUT2D eigenvalue weighted by molar-refractivity contribution is 0.0846. The fourth-order valence-electron chi connectivity index (χ4n) is 3.01. The van der Waals surface area contributed by atoms with Gasteiger partial charge in [-0.2, -0.15) is 0 Å². The number of hydrazine groups is 1. The van der Waals surface area contributed by atoms with Crippen LogP contribution in [0.15, 0.2) is 54.9 Å². The van der Waals surface area contributed by atoms with Crippen molar-refractivity contribution in [3.05, 3.63) is 66.0 Å². The molecule has 0 bridgehead atoms. The second-order valence-corrected chi connectivity index (χ2v) is 6.79. The first-order valence-electron chi connectivity index (χ1n) is 10.9. The zero-order valence-electron chi connectivity index (χ0n) is 19.3. The Morgan fingerprint density at radius 1 is 0.765 bits per heavy atom. The van der Waals surface area contributed by atoms with E-state index in [9.17, 15) is 9.59 Å². The van der Waals surface area contributed by atoms with Crippen LogP contribution in [0.1, 0.15) is 41.5 Å². The Kier molecular flexibility index (Phi) is 8.61. The molecule has 10 heteroatoms. The number of carbonyl (C=O) groups is 2. The molecule has 3 N–H and O–H groups in total. The third-order valence-corrected chi connectivity index (χ3v) is 4.41. The van der Waals surface area contributed by atoms with Crippen LogP contribution in [-0.4, -0.2) is 41.6 Å². The third kappa shape index (κ3) is 6.35. The number of hydrogen-bond donors (Lipinski definition) is 3. The fourth-order valence-corrected chi connectivity index (χ4v) is 3.01. The van der Waals surface area contributed by atoms with Crippen molar-refractivity contribution in [2.75, 3.05) is 25.1 Å². The van der Waals surface area contributed by atoms with Crippen molar-refractivity contribution in [2.45, 2.75) is 20.8 Å². The van der Waals surface area contributed by atoms with Crippen LogP contribution in [0.2, 0.25) is 0 Å². The molecule has 0 spiro atoms. The number of aromatic nitrogens is 2. The molecule has 0 aliphatic rings. The summed E-state index contributed by atoms with van der Waals surface area (Å²) in [7, 11) is 0. The van der Waals surface area contributed by atoms with E-state index in [1.807, 2.05) is 20.8 Å². The molecule has 34 heavy (non-hydrogen) atoms. The van der Waals surface area contributed by atoms with Crippen LogP contribution in [0.3, 0.4) is 0 Å². The van der Waals surface area contributed by atoms with Gasteiger partial charge in [0.25, 0.3) is 11.8 Å². The highest BCUT2D eigenvalue weighted by Crippen LogP contribution is 2.39. The largest absolute Gasteiger partial charge is 0.490 e. The van der Waals surface area contributed by atoms with Crippen LogP contribution in [0.4, 0.5) is 11.6 Å². The molecule has 2 amide bonds. The lowest BCUT2D eigenvalue weighted by Crippen LogP contribution is -2.41. The highest BCUT2D eigenvalue weighted by molar-refractivity contribution is 6.00. The van der Waals surface area contributed by atoms with Crippen LogP contribution in [0.25, 0.3) is 0 Å². The number of nitrogens with one attached hydrogen (secondary N) is 3. The number of amides is 2. The van der Waals surface area contributed by atoms with Gasteiger partial charge in [0.2, 0.25) is 11.7 Å². The van der Waals surface area contributed by atoms with Gasteiger partial charge < -0.3 is 19.5 Å². The predicted octanol–water partition coefficient (Wildman–Crippen LogP) is 3.49. The molecule has 1 heterocycles. The minimum Gasteiger partial charge on any atom is -0.490 e. The van der Waals surface area contributed by atoms with E-state index in [0.717, 1.165) is 0 Å². The van der Waals surface area contributed by atoms with E-state index in [0.29, 0.717) is 54.3 Å². The lowest BCUT2D eigenvalue weighted by atomic mass is 10.1. The number of nitrogens with zero attached hydrogens (tertiary/aromatic N) is 2. The van der Waals surface area contributed by atoms with Gasteiger partial charge in [-0.25, -0.2) is 9.97 Å². The Hall–Kier alpha value is -4.34. The second kappa shape index (κ2) is 12.0. The van der Waals surface area contributed by atoms with Gasteiger partial charge >= 0.3 is 0 Å². The Morgan fingerprint density at radius 2 is 1.35 bits per heavy atom. The van der Waals surface area contributed by atoms with E-state index in [2.05, 4.69) is 26.1 Å². The average Bonchev–Trinajstić information content (AvgIpc) is 2.85. The van der Waals surface area contributed by atoms with Crippen molar-refractivity contribution < 1.29 is 23.8 Å². The Bertz CT molecular complexity index is 1100. The summed E-state index contributed by atoms with van der Waals surface area (Å²) in [6, 6.07) is 11.5. The summed E-state index contributed by atoms with van der Waals surface area (Å²) >= 11 is 0. The van der Waals surface area contributed by atoms with Crippen molar-refractivity contribution in [3.63, 3.8) is 0 Å². The van der Waals surface area contributed by atoms with E-state index < -0.39 is 11.8 Å². The summed E-state index contributed by atoms with van der Waals surface area (Å²) in [6.07, 6.45) is 3.21. The summed E-state index contributed by atoms with van der Waals surface area (Å²) in [4.78, 5) is 33.6. The van der Waals surface area contributed by atoms with Crippen LogP contribution in [0, 0.1) is 0 Å². The normalized spacial score (nSPS) is 10.2. The summed E-state index contributed by atoms with van der Waals surface area (Å²) < 4.78 is 16.9. The summed E-state index contributed by atoms with van der Waals surface area (Å²) in [5.41, 5.74) is 6.04. The van der Waals surface area contributed by atoms with Crippen LogP contribution >= 0.6 is 0 Å². The zero-order chi connectivity index (χ0) is 24.3. The molecule has 3 rings (SSSR count). The molecule has 0 saturated carbocycles. The van der Waals surface area contributed by atoms with Crippen molar-refractivity contribution in [2.24, 2.45) is 0 Å². The van der Waals surface area contributed by atoms with Gasteiger partial charge in [0.15, 0.2) is 11.5 Å². The van der Waals surface area contributed by atoms with E-state index in [1.54, 1.807) is 54.9 Å². The van der Waals surface area contributed by atoms with Crippen molar-refractivity contribution >= 4 is 23.5 Å². The van der Waals surface area contributed by atoms with Crippen molar-refractivity contribution in [3.8, 4) is 17.2 Å². The lowest BCUT2D eigenvalue weighted by Gasteiger charge is -2.17. The molecule has 0 saturated heterocycles. The quantitative estimate of drug-likeness (QED) is 0.389. The highest BCUT2D eigenvalue weighted by Gasteiger charge is 2.19. The summed E-state index contributed by atoms with van der Waals surface area (Å²) in [5, 5.41) is 3.01. The maximum Gasteiger partial charge on any atom is 0.269 e. The Balaban J connectivity index is 1.71. The molecule has 1 aromatic heterocycles. The number of anilines is 2. The van der Waals surface area contributed by atoms with Crippen LogP contribution in [-0.2, 0) is 0 Å². The molecule has 0 aliphatic heterocycles. The number of hydrogen-bond acceptors (Lipinski definition) is 8. The number of rotatable bonds is 10. The van der Waals surface area contributed by atoms with Gasteiger partial charge in [0.05, 0.1) is 19.8 Å². The average molecular weight is 466 g/mol. The second-order valence-electron chi connectivity index (χ2n) is 6.79. The topological polar surface area (TPSA) is 124 Å². The van der Waals surface area contributed by atoms with Gasteiger partial charge in [0, 0.05) is 29.2 Å². The van der Waals surface area contributed by atoms with Gasteiger partial charge in [-0.3, -0.25) is 20.4 Å². The first-order chi connectivity index (χ1) is 16.5. The van der Waals surface area contributed by atoms with Gasteiger partial charge in [-0.1, -0.05) is 6.07 Å². The molecule has 3 aromatic rings. The molecule has 2 aromatic carbocycles. The third-order valence-electron chi connectivity index (χ3n) is 4.41. The fraction of sp³-hybridized carbons (Fsp3) is 0.250. The SMILES string of the molecule is CCOc1cc(C(=O)NNC(=O)c2cccc(Nc3ncccn3)c2)cc(OCC)c1OCC. The molecule has 178 valence electrons. The predicted molar refractivity (Wildman–Crippen MR) is 127 cm³/mol. The number of carbonyl (C=O) groups excluding carboxylic acids is 2. The Morgan fingerprint density at radius 3 is 1.94 bits per heavy atom. The standard InChI is InChI=1S/C24H27N5O5/c1-4-32-19-14-17(15-20(33-5-2)21(19)34-6-3)23(31)29-28-22(30)16-9-7-10-18(13-16)27-24-25-11-8-12-26-24/h7-15H,4-6H2,1-3H3,(H,28,30)(H,29,31)(H,25,26,27). The van der Waals surface area contributed by atoms with Crippen LogP contribution in [0.5, 0.6) is 17.2 Å². The van der Waals surface area contributed by atoms with E-state index >= 15 is 0 Å². The molecular formula is C24H27N5O5. The summed E-state index contributed by atoms with van der Waals surface area (Å²) in [5.74, 6) is 0.567. The van der Waals surface area contributed by atoms with Crippen molar-refractivity contribution in [1.82, 2.24) is 20.8 Å². The number of benzene rings is 2. The smallest absolute Gasteiger partial charge is 0.269 e. The molecule has 10 nitrogen and oxygen atoms in total. The minimum absolute atomic E-state index is 0.243. The molecule has 0 atom stereocenters. The maximum atomic E-state index is 12.8. The maximum absolute atomic E-state index is 12.8. The molecule has 0 radical (unpaired) electrons. The van der Waals surface area contributed by atoms with E-state index in [1.165, 1.54) is 0 Å². The van der Waals surface area contributed by atoms with Crippen LogP contribution < -0.4 is 30.4 Å². The van der Waals surface area contributed by atoms with E-state index in [4.69, 9.17) is 14.2 Å². The molecule has 0 unspecified atom stereocenters. The number of ether oxygens (including phenoxy) is 3. The monoisotopic (exact) mass is 465 g/mol. The van der Waals surface area contributed by atoms with E-state index in [-0.39, 0.29) is 5.56 Å². The summed E-state index contributed by atoms with van der Waals surface area (Å²) in [6.45, 7) is 6.68. The van der Waals surface area contributed by atoms with Gasteiger partial charge in [-0.05, 0) is 57.2 Å². The molecule has 0 aliphatic carbocycles. The first-order valence-corrected chi connectivity index (χ1v) is 10.9. The molecular weight excluding hydrogens is 438 g/mol. The minimum atomic E-state index is -0.537. The van der Waals surface area contributed by atoms with Crippen molar-refractivity contribution in [1.29, 1.82) is 0 Å². The Labute approximate surface area is 197 Å². The zero-order valence-corrected chi connectivity index (χ0v) is 19.3. The van der Waals surface area contributed by atoms with Gasteiger partial charge in [-0.15, -0.1) is 0 Å². The highest BCUT2D eigenvalue weighted by atomic mass is 16.5. The molecule has 0 fully saturated rings.